The van der Waals surface area contributed by atoms with Crippen molar-refractivity contribution in [3.05, 3.63) is 30.1 Å². The Labute approximate surface area is 137 Å². The minimum absolute atomic E-state index is 0.0171. The summed E-state index contributed by atoms with van der Waals surface area (Å²) < 4.78 is 37.1. The van der Waals surface area contributed by atoms with Crippen LogP contribution in [0.15, 0.2) is 29.2 Å². The molecule has 1 fully saturated rings. The monoisotopic (exact) mass is 341 g/mol. The van der Waals surface area contributed by atoms with Gasteiger partial charge in [-0.25, -0.2) is 12.8 Å². The maximum Gasteiger partial charge on any atom is 0.223 e. The summed E-state index contributed by atoms with van der Waals surface area (Å²) in [6.45, 7) is 4.49. The summed E-state index contributed by atoms with van der Waals surface area (Å²) in [5.74, 6) is -0.730. The summed E-state index contributed by atoms with van der Waals surface area (Å²) in [5, 5.41) is 2.72. The molecule has 0 saturated heterocycles. The number of nitrogens with one attached hydrogen (secondary N) is 1. The maximum atomic E-state index is 12.8. The van der Waals surface area contributed by atoms with Gasteiger partial charge in [-0.1, -0.05) is 13.8 Å². The molecule has 0 aromatic heterocycles. The molecule has 1 aromatic rings. The quantitative estimate of drug-likeness (QED) is 0.838. The molecule has 2 rings (SSSR count). The van der Waals surface area contributed by atoms with Gasteiger partial charge in [-0.05, 0) is 55.4 Å². The fourth-order valence-corrected chi connectivity index (χ4v) is 4.03. The molecule has 1 amide bonds. The van der Waals surface area contributed by atoms with Crippen LogP contribution in [0.4, 0.5) is 4.39 Å². The summed E-state index contributed by atoms with van der Waals surface area (Å²) in [7, 11) is -3.50. The van der Waals surface area contributed by atoms with Gasteiger partial charge in [-0.2, -0.15) is 0 Å². The van der Waals surface area contributed by atoms with Crippen molar-refractivity contribution in [1.82, 2.24) is 5.32 Å². The van der Waals surface area contributed by atoms with Crippen molar-refractivity contribution in [2.75, 3.05) is 12.3 Å². The minimum atomic E-state index is -3.50. The van der Waals surface area contributed by atoms with Gasteiger partial charge in [-0.15, -0.1) is 0 Å². The molecule has 0 radical (unpaired) electrons. The van der Waals surface area contributed by atoms with Crippen molar-refractivity contribution in [2.45, 2.75) is 44.4 Å². The number of hydrogen-bond donors (Lipinski definition) is 1. The Morgan fingerprint density at radius 3 is 2.35 bits per heavy atom. The van der Waals surface area contributed by atoms with E-state index in [1.807, 2.05) is 0 Å². The molecule has 4 nitrogen and oxygen atoms in total. The number of carbonyl (C=O) groups excluding carboxylic acids is 1. The highest BCUT2D eigenvalue weighted by atomic mass is 32.2. The molecule has 6 heteroatoms. The van der Waals surface area contributed by atoms with Crippen LogP contribution in [0.2, 0.25) is 0 Å². The molecule has 0 spiro atoms. The van der Waals surface area contributed by atoms with Crippen molar-refractivity contribution < 1.29 is 17.6 Å². The second kappa shape index (κ2) is 6.99. The Bertz CT molecular complexity index is 643. The van der Waals surface area contributed by atoms with Crippen LogP contribution in [0.1, 0.15) is 39.5 Å². The first-order valence-electron chi connectivity index (χ1n) is 7.96. The van der Waals surface area contributed by atoms with Gasteiger partial charge < -0.3 is 5.32 Å². The fourth-order valence-electron chi connectivity index (χ4n) is 2.87. The van der Waals surface area contributed by atoms with Gasteiger partial charge in [0.2, 0.25) is 5.91 Å². The molecular weight excluding hydrogens is 317 g/mol. The van der Waals surface area contributed by atoms with E-state index in [9.17, 15) is 17.6 Å². The molecule has 1 aromatic carbocycles. The number of halogens is 1. The highest BCUT2D eigenvalue weighted by Crippen LogP contribution is 2.37. The minimum Gasteiger partial charge on any atom is -0.355 e. The molecule has 0 unspecified atom stereocenters. The van der Waals surface area contributed by atoms with Gasteiger partial charge in [0.05, 0.1) is 10.6 Å². The Morgan fingerprint density at radius 1 is 1.22 bits per heavy atom. The van der Waals surface area contributed by atoms with Gasteiger partial charge in [-0.3, -0.25) is 4.79 Å². The molecule has 0 aliphatic heterocycles. The van der Waals surface area contributed by atoms with Crippen LogP contribution >= 0.6 is 0 Å². The Balaban J connectivity index is 1.82. The molecule has 1 aliphatic carbocycles. The van der Waals surface area contributed by atoms with E-state index in [0.29, 0.717) is 5.41 Å². The first-order valence-corrected chi connectivity index (χ1v) is 9.61. The van der Waals surface area contributed by atoms with Crippen molar-refractivity contribution in [3.63, 3.8) is 0 Å². The number of benzene rings is 1. The third-order valence-corrected chi connectivity index (χ3v) is 6.28. The highest BCUT2D eigenvalue weighted by Gasteiger charge is 2.30. The van der Waals surface area contributed by atoms with Crippen molar-refractivity contribution in [3.8, 4) is 0 Å². The lowest BCUT2D eigenvalue weighted by Crippen LogP contribution is -2.37. The average molecular weight is 341 g/mol. The second-order valence-electron chi connectivity index (χ2n) is 7.00. The lowest BCUT2D eigenvalue weighted by molar-refractivity contribution is -0.126. The Morgan fingerprint density at radius 2 is 1.78 bits per heavy atom. The van der Waals surface area contributed by atoms with Gasteiger partial charge in [0.25, 0.3) is 0 Å². The van der Waals surface area contributed by atoms with E-state index in [2.05, 4.69) is 19.2 Å². The van der Waals surface area contributed by atoms with Crippen LogP contribution in [0.5, 0.6) is 0 Å². The van der Waals surface area contributed by atoms with Crippen LogP contribution in [0.3, 0.4) is 0 Å². The van der Waals surface area contributed by atoms with E-state index in [1.165, 1.54) is 12.1 Å². The van der Waals surface area contributed by atoms with Crippen molar-refractivity contribution in [2.24, 2.45) is 11.3 Å². The van der Waals surface area contributed by atoms with Crippen LogP contribution in [0.25, 0.3) is 0 Å². The maximum absolute atomic E-state index is 12.8. The zero-order valence-corrected chi connectivity index (χ0v) is 14.5. The number of amides is 1. The summed E-state index contributed by atoms with van der Waals surface area (Å²) in [6, 6.07) is 4.73. The summed E-state index contributed by atoms with van der Waals surface area (Å²) in [4.78, 5) is 12.2. The molecule has 128 valence electrons. The Hall–Kier alpha value is -1.43. The fraction of sp³-hybridized carbons (Fsp3) is 0.588. The predicted molar refractivity (Wildman–Crippen MR) is 87.2 cm³/mol. The smallest absolute Gasteiger partial charge is 0.223 e. The van der Waals surface area contributed by atoms with Crippen molar-refractivity contribution in [1.29, 1.82) is 0 Å². The molecule has 0 bridgehead atoms. The third kappa shape index (κ3) is 5.03. The first-order chi connectivity index (χ1) is 10.7. The molecule has 1 N–H and O–H groups in total. The molecule has 0 heterocycles. The molecule has 1 saturated carbocycles. The Kier molecular flexibility index (Phi) is 5.45. The van der Waals surface area contributed by atoms with E-state index in [-0.39, 0.29) is 29.0 Å². The van der Waals surface area contributed by atoms with Crippen LogP contribution < -0.4 is 5.32 Å². The molecular formula is C17H24FNO3S. The number of hydrogen-bond acceptors (Lipinski definition) is 3. The van der Waals surface area contributed by atoms with Crippen LogP contribution in [-0.2, 0) is 14.6 Å². The lowest BCUT2D eigenvalue weighted by Gasteiger charge is -2.33. The summed E-state index contributed by atoms with van der Waals surface area (Å²) >= 11 is 0. The summed E-state index contributed by atoms with van der Waals surface area (Å²) in [6.07, 6.45) is 3.73. The standard InChI is InChI=1S/C17H24FNO3S/c1-17(2)9-7-13(8-10-17)16(20)19-11-12-23(21,22)15-5-3-14(18)4-6-15/h3-6,13H,7-12H2,1-2H3,(H,19,20). The van der Waals surface area contributed by atoms with Crippen LogP contribution in [0, 0.1) is 17.2 Å². The SMILES string of the molecule is CC1(C)CCC(C(=O)NCCS(=O)(=O)c2ccc(F)cc2)CC1. The number of rotatable bonds is 5. The lowest BCUT2D eigenvalue weighted by atomic mass is 9.73. The third-order valence-electron chi connectivity index (χ3n) is 4.55. The van der Waals surface area contributed by atoms with Gasteiger partial charge in [0.1, 0.15) is 5.82 Å². The zero-order chi connectivity index (χ0) is 17.1. The second-order valence-corrected chi connectivity index (χ2v) is 9.11. The number of carbonyl (C=O) groups is 1. The molecule has 0 atom stereocenters. The predicted octanol–water partition coefficient (Wildman–Crippen LogP) is 2.93. The average Bonchev–Trinajstić information content (AvgIpc) is 2.47. The highest BCUT2D eigenvalue weighted by molar-refractivity contribution is 7.91. The van der Waals surface area contributed by atoms with Crippen LogP contribution in [-0.4, -0.2) is 26.6 Å². The van der Waals surface area contributed by atoms with E-state index in [4.69, 9.17) is 0 Å². The largest absolute Gasteiger partial charge is 0.355 e. The number of sulfone groups is 1. The first kappa shape index (κ1) is 17.9. The molecule has 1 aliphatic rings. The van der Waals surface area contributed by atoms with E-state index < -0.39 is 15.7 Å². The zero-order valence-electron chi connectivity index (χ0n) is 13.6. The van der Waals surface area contributed by atoms with Gasteiger partial charge in [0, 0.05) is 12.5 Å². The van der Waals surface area contributed by atoms with Gasteiger partial charge in [0.15, 0.2) is 9.84 Å². The van der Waals surface area contributed by atoms with Gasteiger partial charge >= 0.3 is 0 Å². The van der Waals surface area contributed by atoms with E-state index >= 15 is 0 Å². The summed E-state index contributed by atoms with van der Waals surface area (Å²) in [5.41, 5.74) is 0.294. The normalized spacial score (nSPS) is 18.6. The van der Waals surface area contributed by atoms with E-state index in [1.54, 1.807) is 0 Å². The molecule has 23 heavy (non-hydrogen) atoms. The topological polar surface area (TPSA) is 63.2 Å². The van der Waals surface area contributed by atoms with E-state index in [0.717, 1.165) is 37.8 Å². The van der Waals surface area contributed by atoms with Crippen molar-refractivity contribution >= 4 is 15.7 Å².